The van der Waals surface area contributed by atoms with Crippen LogP contribution >= 0.6 is 11.8 Å². The summed E-state index contributed by atoms with van der Waals surface area (Å²) in [6, 6.07) is 18.3. The Labute approximate surface area is 136 Å². The van der Waals surface area contributed by atoms with E-state index in [1.807, 2.05) is 48.7 Å². The van der Waals surface area contributed by atoms with Gasteiger partial charge in [-0.3, -0.25) is 4.79 Å². The Balaban J connectivity index is 1.89. The van der Waals surface area contributed by atoms with Gasteiger partial charge in [0, 0.05) is 16.4 Å². The van der Waals surface area contributed by atoms with Crippen LogP contribution in [0.3, 0.4) is 0 Å². The van der Waals surface area contributed by atoms with Gasteiger partial charge in [-0.2, -0.15) is 0 Å². The summed E-state index contributed by atoms with van der Waals surface area (Å²) in [5.41, 5.74) is 3.21. The van der Waals surface area contributed by atoms with Gasteiger partial charge >= 0.3 is 0 Å². The van der Waals surface area contributed by atoms with Crippen LogP contribution in [0.2, 0.25) is 0 Å². The average Bonchev–Trinajstić information content (AvgIpc) is 2.62. The van der Waals surface area contributed by atoms with Gasteiger partial charge in [0.1, 0.15) is 0 Å². The van der Waals surface area contributed by atoms with Crippen molar-refractivity contribution in [2.75, 3.05) is 6.26 Å². The lowest BCUT2D eigenvalue weighted by Crippen LogP contribution is -2.19. The lowest BCUT2D eigenvalue weighted by molar-refractivity contribution is 0.0942. The number of benzene rings is 2. The molecule has 0 fully saturated rings. The summed E-state index contributed by atoms with van der Waals surface area (Å²) in [7, 11) is 0. The number of carbonyl (C=O) groups excluding carboxylic acids is 1. The standard InChI is InChI=1S/C20H20OS/c1-22-17-13-11-16(12-14-17)20(21)19-10-6-5-9-18(19)15-7-3-2-4-8-15/h2-4,7-9,11-14,19H,5-6,10H2,1H3. The van der Waals surface area contributed by atoms with Gasteiger partial charge in [-0.15, -0.1) is 11.8 Å². The number of thioether (sulfide) groups is 1. The monoisotopic (exact) mass is 308 g/mol. The van der Waals surface area contributed by atoms with Gasteiger partial charge in [0.25, 0.3) is 0 Å². The fourth-order valence-corrected chi connectivity index (χ4v) is 3.46. The largest absolute Gasteiger partial charge is 0.293 e. The number of rotatable bonds is 4. The summed E-state index contributed by atoms with van der Waals surface area (Å²) in [4.78, 5) is 14.1. The zero-order valence-electron chi connectivity index (χ0n) is 12.8. The Bertz CT molecular complexity index is 671. The van der Waals surface area contributed by atoms with Gasteiger partial charge < -0.3 is 0 Å². The highest BCUT2D eigenvalue weighted by molar-refractivity contribution is 7.98. The Morgan fingerprint density at radius 3 is 2.45 bits per heavy atom. The Morgan fingerprint density at radius 1 is 1.05 bits per heavy atom. The van der Waals surface area contributed by atoms with E-state index in [1.165, 1.54) is 16.0 Å². The maximum absolute atomic E-state index is 12.9. The first-order chi connectivity index (χ1) is 10.8. The van der Waals surface area contributed by atoms with E-state index in [2.05, 4.69) is 18.2 Å². The van der Waals surface area contributed by atoms with Crippen LogP contribution in [-0.4, -0.2) is 12.0 Å². The van der Waals surface area contributed by atoms with E-state index >= 15 is 0 Å². The van der Waals surface area contributed by atoms with Crippen molar-refractivity contribution in [1.82, 2.24) is 0 Å². The van der Waals surface area contributed by atoms with E-state index in [9.17, 15) is 4.79 Å². The Morgan fingerprint density at radius 2 is 1.77 bits per heavy atom. The second kappa shape index (κ2) is 6.97. The van der Waals surface area contributed by atoms with Gasteiger partial charge in [0.15, 0.2) is 5.78 Å². The van der Waals surface area contributed by atoms with Gasteiger partial charge in [-0.25, -0.2) is 0 Å². The van der Waals surface area contributed by atoms with Gasteiger partial charge in [-0.1, -0.05) is 48.5 Å². The van der Waals surface area contributed by atoms with E-state index in [4.69, 9.17) is 0 Å². The van der Waals surface area contributed by atoms with Crippen LogP contribution < -0.4 is 0 Å². The fraction of sp³-hybridized carbons (Fsp3) is 0.250. The first kappa shape index (κ1) is 15.1. The van der Waals surface area contributed by atoms with Crippen LogP contribution in [0.5, 0.6) is 0 Å². The molecule has 0 N–H and O–H groups in total. The van der Waals surface area contributed by atoms with Crippen molar-refractivity contribution in [1.29, 1.82) is 0 Å². The molecular weight excluding hydrogens is 288 g/mol. The normalized spacial score (nSPS) is 17.9. The molecule has 0 saturated heterocycles. The van der Waals surface area contributed by atoms with E-state index in [-0.39, 0.29) is 11.7 Å². The molecule has 2 aromatic rings. The summed E-state index contributed by atoms with van der Waals surface area (Å²) >= 11 is 1.70. The van der Waals surface area contributed by atoms with Crippen molar-refractivity contribution in [3.8, 4) is 0 Å². The van der Waals surface area contributed by atoms with Crippen molar-refractivity contribution in [3.63, 3.8) is 0 Å². The molecule has 0 amide bonds. The summed E-state index contributed by atoms with van der Waals surface area (Å²) in [5.74, 6) is 0.249. The molecule has 1 nitrogen and oxygen atoms in total. The minimum absolute atomic E-state index is 0.00344. The third-order valence-electron chi connectivity index (χ3n) is 4.23. The highest BCUT2D eigenvalue weighted by atomic mass is 32.2. The zero-order chi connectivity index (χ0) is 15.4. The van der Waals surface area contributed by atoms with Crippen LogP contribution in [-0.2, 0) is 0 Å². The van der Waals surface area contributed by atoms with Crippen molar-refractivity contribution >= 4 is 23.1 Å². The molecule has 0 radical (unpaired) electrons. The number of hydrogen-bond donors (Lipinski definition) is 0. The molecule has 1 aliphatic carbocycles. The second-order valence-electron chi connectivity index (χ2n) is 5.60. The summed E-state index contributed by atoms with van der Waals surface area (Å²) < 4.78 is 0. The summed E-state index contributed by atoms with van der Waals surface area (Å²) in [5, 5.41) is 0. The molecule has 0 aromatic heterocycles. The number of Topliss-reactive ketones (excluding diaryl/α,β-unsaturated/α-hetero) is 1. The molecule has 1 aliphatic rings. The highest BCUT2D eigenvalue weighted by Gasteiger charge is 2.26. The van der Waals surface area contributed by atoms with Crippen LogP contribution in [0.25, 0.3) is 5.57 Å². The highest BCUT2D eigenvalue weighted by Crippen LogP contribution is 2.35. The molecule has 1 atom stereocenters. The number of allylic oxidation sites excluding steroid dienone is 2. The van der Waals surface area contributed by atoms with E-state index in [0.29, 0.717) is 0 Å². The van der Waals surface area contributed by atoms with Crippen molar-refractivity contribution < 1.29 is 4.79 Å². The third-order valence-corrected chi connectivity index (χ3v) is 4.98. The predicted octanol–water partition coefficient (Wildman–Crippen LogP) is 5.47. The molecule has 2 aromatic carbocycles. The molecule has 0 saturated carbocycles. The minimum atomic E-state index is -0.00344. The van der Waals surface area contributed by atoms with Gasteiger partial charge in [-0.05, 0) is 48.8 Å². The number of carbonyl (C=O) groups is 1. The number of hydrogen-bond acceptors (Lipinski definition) is 2. The van der Waals surface area contributed by atoms with Crippen LogP contribution in [0.4, 0.5) is 0 Å². The first-order valence-electron chi connectivity index (χ1n) is 7.73. The lowest BCUT2D eigenvalue weighted by Gasteiger charge is -2.23. The van der Waals surface area contributed by atoms with Crippen molar-refractivity contribution in [3.05, 3.63) is 71.8 Å². The van der Waals surface area contributed by atoms with E-state index in [0.717, 1.165) is 24.8 Å². The van der Waals surface area contributed by atoms with Crippen LogP contribution in [0, 0.1) is 5.92 Å². The number of ketones is 1. The lowest BCUT2D eigenvalue weighted by atomic mass is 9.79. The van der Waals surface area contributed by atoms with Crippen LogP contribution in [0.1, 0.15) is 35.2 Å². The maximum Gasteiger partial charge on any atom is 0.170 e. The van der Waals surface area contributed by atoms with E-state index in [1.54, 1.807) is 11.8 Å². The second-order valence-corrected chi connectivity index (χ2v) is 6.48. The molecule has 0 spiro atoms. The molecule has 0 heterocycles. The third kappa shape index (κ3) is 3.17. The minimum Gasteiger partial charge on any atom is -0.293 e. The molecule has 2 heteroatoms. The predicted molar refractivity (Wildman–Crippen MR) is 94.3 cm³/mol. The fourth-order valence-electron chi connectivity index (χ4n) is 3.06. The van der Waals surface area contributed by atoms with Crippen molar-refractivity contribution in [2.45, 2.75) is 24.2 Å². The first-order valence-corrected chi connectivity index (χ1v) is 8.96. The van der Waals surface area contributed by atoms with Crippen LogP contribution in [0.15, 0.2) is 65.6 Å². The smallest absolute Gasteiger partial charge is 0.170 e. The molecule has 0 aliphatic heterocycles. The van der Waals surface area contributed by atoms with E-state index < -0.39 is 0 Å². The molecular formula is C20H20OS. The summed E-state index contributed by atoms with van der Waals surface area (Å²) in [6.45, 7) is 0. The molecule has 22 heavy (non-hydrogen) atoms. The molecule has 0 bridgehead atoms. The van der Waals surface area contributed by atoms with Crippen molar-refractivity contribution in [2.24, 2.45) is 5.92 Å². The molecule has 112 valence electrons. The Hall–Kier alpha value is -1.80. The quantitative estimate of drug-likeness (QED) is 0.550. The SMILES string of the molecule is CSc1ccc(C(=O)C2CCCC=C2c2ccccc2)cc1. The average molecular weight is 308 g/mol. The van der Waals surface area contributed by atoms with Gasteiger partial charge in [0.2, 0.25) is 0 Å². The molecule has 3 rings (SSSR count). The maximum atomic E-state index is 12.9. The summed E-state index contributed by atoms with van der Waals surface area (Å²) in [6.07, 6.45) is 7.41. The zero-order valence-corrected chi connectivity index (χ0v) is 13.6. The molecule has 1 unspecified atom stereocenters. The van der Waals surface area contributed by atoms with Gasteiger partial charge in [0.05, 0.1) is 0 Å². The Kier molecular flexibility index (Phi) is 4.79. The topological polar surface area (TPSA) is 17.1 Å².